The zero-order valence-electron chi connectivity index (χ0n) is 13.6. The number of rotatable bonds is 2. The molecule has 2 N–H and O–H groups in total. The standard InChI is InChI=1S/C17H17N3O3S/c1-17(2,3)23-16(22)13-11-9-24-14(18)12(11)15(21)20(19-13)10-7-5-4-6-8-10/h4-9H,18H2,1-3H3. The van der Waals surface area contributed by atoms with E-state index in [0.717, 1.165) is 0 Å². The van der Waals surface area contributed by atoms with Crippen LogP contribution in [0.4, 0.5) is 5.00 Å². The van der Waals surface area contributed by atoms with Crippen molar-refractivity contribution in [2.75, 3.05) is 5.73 Å². The maximum absolute atomic E-state index is 12.7. The van der Waals surface area contributed by atoms with E-state index in [9.17, 15) is 9.59 Å². The zero-order chi connectivity index (χ0) is 17.5. The summed E-state index contributed by atoms with van der Waals surface area (Å²) in [6.45, 7) is 5.33. The first-order valence-electron chi connectivity index (χ1n) is 7.37. The second kappa shape index (κ2) is 5.76. The second-order valence-electron chi connectivity index (χ2n) is 6.29. The molecule has 0 aliphatic carbocycles. The van der Waals surface area contributed by atoms with Gasteiger partial charge in [0.15, 0.2) is 5.69 Å². The molecule has 0 radical (unpaired) electrons. The van der Waals surface area contributed by atoms with Gasteiger partial charge in [0, 0.05) is 10.8 Å². The summed E-state index contributed by atoms with van der Waals surface area (Å²) in [5, 5.41) is 6.97. The van der Waals surface area contributed by atoms with E-state index in [0.29, 0.717) is 21.5 Å². The van der Waals surface area contributed by atoms with Gasteiger partial charge in [-0.2, -0.15) is 9.78 Å². The molecule has 0 atom stereocenters. The lowest BCUT2D eigenvalue weighted by Gasteiger charge is -2.19. The van der Waals surface area contributed by atoms with Crippen molar-refractivity contribution in [3.8, 4) is 5.69 Å². The molecule has 2 heterocycles. The van der Waals surface area contributed by atoms with Crippen molar-refractivity contribution in [2.24, 2.45) is 0 Å². The van der Waals surface area contributed by atoms with Crippen LogP contribution in [0.25, 0.3) is 16.5 Å². The maximum Gasteiger partial charge on any atom is 0.360 e. The number of nitrogen functional groups attached to an aromatic ring is 1. The molecule has 0 aliphatic rings. The van der Waals surface area contributed by atoms with Gasteiger partial charge in [0.25, 0.3) is 5.56 Å². The first-order chi connectivity index (χ1) is 11.3. The molecule has 7 heteroatoms. The number of esters is 1. The van der Waals surface area contributed by atoms with Gasteiger partial charge in [-0.25, -0.2) is 4.79 Å². The normalized spacial score (nSPS) is 11.6. The molecule has 3 aromatic rings. The van der Waals surface area contributed by atoms with Gasteiger partial charge < -0.3 is 10.5 Å². The van der Waals surface area contributed by atoms with E-state index >= 15 is 0 Å². The maximum atomic E-state index is 12.7. The number of benzene rings is 1. The number of carbonyl (C=O) groups is 1. The average molecular weight is 343 g/mol. The molecule has 0 unspecified atom stereocenters. The molecule has 0 amide bonds. The molecule has 0 saturated carbocycles. The first kappa shape index (κ1) is 16.2. The number of para-hydroxylation sites is 1. The highest BCUT2D eigenvalue weighted by Gasteiger charge is 2.25. The number of aromatic nitrogens is 2. The highest BCUT2D eigenvalue weighted by Crippen LogP contribution is 2.28. The molecule has 3 rings (SSSR count). The fraction of sp³-hybridized carbons (Fsp3) is 0.235. The van der Waals surface area contributed by atoms with Gasteiger partial charge in [0.2, 0.25) is 0 Å². The van der Waals surface area contributed by atoms with Gasteiger partial charge in [0.05, 0.1) is 16.1 Å². The van der Waals surface area contributed by atoms with E-state index in [4.69, 9.17) is 10.5 Å². The molecule has 0 saturated heterocycles. The Balaban J connectivity index is 2.28. The third-order valence-corrected chi connectivity index (χ3v) is 4.09. The van der Waals surface area contributed by atoms with E-state index in [1.165, 1.54) is 16.0 Å². The fourth-order valence-electron chi connectivity index (χ4n) is 2.29. The van der Waals surface area contributed by atoms with Crippen LogP contribution < -0.4 is 11.3 Å². The van der Waals surface area contributed by atoms with Crippen LogP contribution in [-0.4, -0.2) is 21.4 Å². The second-order valence-corrected chi connectivity index (χ2v) is 7.20. The molecule has 124 valence electrons. The molecule has 24 heavy (non-hydrogen) atoms. The van der Waals surface area contributed by atoms with Crippen LogP contribution in [0.2, 0.25) is 0 Å². The van der Waals surface area contributed by atoms with Crippen LogP contribution in [-0.2, 0) is 4.74 Å². The van der Waals surface area contributed by atoms with Crippen molar-refractivity contribution in [1.82, 2.24) is 9.78 Å². The number of nitrogens with two attached hydrogens (primary N) is 1. The van der Waals surface area contributed by atoms with Gasteiger partial charge in [-0.15, -0.1) is 11.3 Å². The minimum atomic E-state index is -0.666. The zero-order valence-corrected chi connectivity index (χ0v) is 14.4. The molecule has 0 spiro atoms. The highest BCUT2D eigenvalue weighted by atomic mass is 32.1. The lowest BCUT2D eigenvalue weighted by Crippen LogP contribution is -2.28. The smallest absolute Gasteiger partial charge is 0.360 e. The van der Waals surface area contributed by atoms with Crippen LogP contribution in [0.5, 0.6) is 0 Å². The summed E-state index contributed by atoms with van der Waals surface area (Å²) in [6, 6.07) is 8.89. The number of fused-ring (bicyclic) bond motifs is 1. The van der Waals surface area contributed by atoms with Crippen molar-refractivity contribution in [2.45, 2.75) is 26.4 Å². The van der Waals surface area contributed by atoms with Crippen LogP contribution in [0.15, 0.2) is 40.5 Å². The van der Waals surface area contributed by atoms with Crippen molar-refractivity contribution in [3.05, 3.63) is 51.8 Å². The van der Waals surface area contributed by atoms with E-state index in [1.807, 2.05) is 6.07 Å². The number of nitrogens with zero attached hydrogens (tertiary/aromatic N) is 2. The summed E-state index contributed by atoms with van der Waals surface area (Å²) >= 11 is 1.20. The van der Waals surface area contributed by atoms with Crippen molar-refractivity contribution >= 4 is 33.1 Å². The van der Waals surface area contributed by atoms with Gasteiger partial charge in [0.1, 0.15) is 5.60 Å². The molecule has 0 fully saturated rings. The largest absolute Gasteiger partial charge is 0.455 e. The third-order valence-electron chi connectivity index (χ3n) is 3.27. The summed E-state index contributed by atoms with van der Waals surface area (Å²) < 4.78 is 6.60. The summed E-state index contributed by atoms with van der Waals surface area (Å²) in [4.78, 5) is 25.3. The predicted molar refractivity (Wildman–Crippen MR) is 94.8 cm³/mol. The fourth-order valence-corrected chi connectivity index (χ4v) is 3.08. The number of thiophene rings is 1. The van der Waals surface area contributed by atoms with E-state index in [2.05, 4.69) is 5.10 Å². The summed E-state index contributed by atoms with van der Waals surface area (Å²) in [7, 11) is 0. The minimum Gasteiger partial charge on any atom is -0.455 e. The molecule has 6 nitrogen and oxygen atoms in total. The number of carbonyl (C=O) groups excluding carboxylic acids is 1. The summed E-state index contributed by atoms with van der Waals surface area (Å²) in [6.07, 6.45) is 0. The summed E-state index contributed by atoms with van der Waals surface area (Å²) in [5.74, 6) is -0.588. The minimum absolute atomic E-state index is 0.0799. The molecular weight excluding hydrogens is 326 g/mol. The van der Waals surface area contributed by atoms with Crippen molar-refractivity contribution in [3.63, 3.8) is 0 Å². The number of ether oxygens (including phenoxy) is 1. The van der Waals surface area contributed by atoms with Gasteiger partial charge in [-0.3, -0.25) is 4.79 Å². The number of hydrogen-bond acceptors (Lipinski definition) is 6. The van der Waals surface area contributed by atoms with Crippen molar-refractivity contribution in [1.29, 1.82) is 0 Å². The SMILES string of the molecule is CC(C)(C)OC(=O)c1nn(-c2ccccc2)c(=O)c2c(N)scc12. The molecule has 1 aromatic carbocycles. The van der Waals surface area contributed by atoms with Crippen LogP contribution in [0.3, 0.4) is 0 Å². The quantitative estimate of drug-likeness (QED) is 0.723. The topological polar surface area (TPSA) is 87.2 Å². The van der Waals surface area contributed by atoms with Crippen LogP contribution in [0.1, 0.15) is 31.3 Å². The lowest BCUT2D eigenvalue weighted by molar-refractivity contribution is 0.00635. The molecule has 2 aromatic heterocycles. The number of anilines is 1. The van der Waals surface area contributed by atoms with Gasteiger partial charge in [-0.1, -0.05) is 18.2 Å². The Labute approximate surface area is 142 Å². The Hall–Kier alpha value is -2.67. The molecular formula is C17H17N3O3S. The third kappa shape index (κ3) is 2.90. The molecule has 0 aliphatic heterocycles. The average Bonchev–Trinajstić information content (AvgIpc) is 2.89. The van der Waals surface area contributed by atoms with Gasteiger partial charge in [-0.05, 0) is 32.9 Å². The monoisotopic (exact) mass is 343 g/mol. The Morgan fingerprint density at radius 1 is 1.25 bits per heavy atom. The van der Waals surface area contributed by atoms with Crippen molar-refractivity contribution < 1.29 is 9.53 Å². The van der Waals surface area contributed by atoms with E-state index < -0.39 is 11.6 Å². The Kier molecular flexibility index (Phi) is 3.88. The van der Waals surface area contributed by atoms with E-state index in [1.54, 1.807) is 50.4 Å². The predicted octanol–water partition coefficient (Wildman–Crippen LogP) is 2.98. The Morgan fingerprint density at radius 3 is 2.54 bits per heavy atom. The Bertz CT molecular complexity index is 968. The first-order valence-corrected chi connectivity index (χ1v) is 8.24. The highest BCUT2D eigenvalue weighted by molar-refractivity contribution is 7.15. The van der Waals surface area contributed by atoms with Gasteiger partial charge >= 0.3 is 5.97 Å². The van der Waals surface area contributed by atoms with Crippen LogP contribution >= 0.6 is 11.3 Å². The van der Waals surface area contributed by atoms with Crippen LogP contribution in [0, 0.1) is 0 Å². The lowest BCUT2D eigenvalue weighted by atomic mass is 10.2. The number of hydrogen-bond donors (Lipinski definition) is 1. The molecule has 0 bridgehead atoms. The van der Waals surface area contributed by atoms with E-state index in [-0.39, 0.29) is 11.3 Å². The summed E-state index contributed by atoms with van der Waals surface area (Å²) in [5.41, 5.74) is 5.56. The Morgan fingerprint density at radius 2 is 1.92 bits per heavy atom.